The van der Waals surface area contributed by atoms with E-state index in [0.29, 0.717) is 5.41 Å². The lowest BCUT2D eigenvalue weighted by atomic mass is 9.77. The maximum Gasteiger partial charge on any atom is 0.219 e. The highest BCUT2D eigenvalue weighted by Gasteiger charge is 2.29. The predicted molar refractivity (Wildman–Crippen MR) is 53.3 cm³/mol. The van der Waals surface area contributed by atoms with Crippen molar-refractivity contribution in [2.75, 3.05) is 19.6 Å². The summed E-state index contributed by atoms with van der Waals surface area (Å²) >= 11 is 0. The number of piperidine rings is 1. The third kappa shape index (κ3) is 2.69. The lowest BCUT2D eigenvalue weighted by Gasteiger charge is -2.39. The van der Waals surface area contributed by atoms with Crippen molar-refractivity contribution in [1.29, 1.82) is 0 Å². The Balaban J connectivity index is 2.41. The molecule has 1 amide bonds. The molecule has 0 aromatic carbocycles. The topological polar surface area (TPSA) is 46.3 Å². The maximum absolute atomic E-state index is 11.1. The molecule has 0 bridgehead atoms. The van der Waals surface area contributed by atoms with Crippen LogP contribution in [0.3, 0.4) is 0 Å². The molecule has 0 spiro atoms. The molecule has 0 aromatic rings. The molecule has 3 nitrogen and oxygen atoms in total. The summed E-state index contributed by atoms with van der Waals surface area (Å²) in [5.74, 6) is 0.204. The Kier molecular flexibility index (Phi) is 3.31. The van der Waals surface area contributed by atoms with Gasteiger partial charge in [0.2, 0.25) is 5.91 Å². The van der Waals surface area contributed by atoms with Crippen molar-refractivity contribution in [2.24, 2.45) is 11.1 Å². The first-order valence-electron chi connectivity index (χ1n) is 5.03. The van der Waals surface area contributed by atoms with Gasteiger partial charge in [-0.15, -0.1) is 0 Å². The lowest BCUT2D eigenvalue weighted by Crippen LogP contribution is -2.41. The van der Waals surface area contributed by atoms with Crippen molar-refractivity contribution in [2.45, 2.75) is 33.1 Å². The first-order valence-corrected chi connectivity index (χ1v) is 5.03. The van der Waals surface area contributed by atoms with Gasteiger partial charge in [0.05, 0.1) is 0 Å². The first kappa shape index (κ1) is 10.5. The van der Waals surface area contributed by atoms with Gasteiger partial charge >= 0.3 is 0 Å². The fourth-order valence-corrected chi connectivity index (χ4v) is 1.96. The van der Waals surface area contributed by atoms with E-state index in [2.05, 4.69) is 6.92 Å². The zero-order valence-corrected chi connectivity index (χ0v) is 8.68. The van der Waals surface area contributed by atoms with Crippen LogP contribution in [0, 0.1) is 5.41 Å². The molecule has 0 unspecified atom stereocenters. The van der Waals surface area contributed by atoms with E-state index in [0.717, 1.165) is 38.9 Å². The van der Waals surface area contributed by atoms with Crippen LogP contribution >= 0.6 is 0 Å². The Hall–Kier alpha value is -0.570. The molecule has 1 saturated heterocycles. The van der Waals surface area contributed by atoms with Gasteiger partial charge < -0.3 is 10.6 Å². The fourth-order valence-electron chi connectivity index (χ4n) is 1.96. The quantitative estimate of drug-likeness (QED) is 0.695. The highest BCUT2D eigenvalue weighted by molar-refractivity contribution is 5.73. The van der Waals surface area contributed by atoms with Crippen LogP contribution in [0.1, 0.15) is 33.1 Å². The summed E-state index contributed by atoms with van der Waals surface area (Å²) in [7, 11) is 0. The number of nitrogens with zero attached hydrogens (tertiary/aromatic N) is 1. The minimum Gasteiger partial charge on any atom is -0.343 e. The molecular weight excluding hydrogens is 164 g/mol. The van der Waals surface area contributed by atoms with Crippen LogP contribution in [0.25, 0.3) is 0 Å². The highest BCUT2D eigenvalue weighted by atomic mass is 16.2. The standard InChI is InChI=1S/C10H20N2O/c1-9(13)12-7-4-10(2,3-6-11)5-8-12/h3-8,11H2,1-2H3. The van der Waals surface area contributed by atoms with Crippen molar-refractivity contribution in [3.05, 3.63) is 0 Å². The van der Waals surface area contributed by atoms with E-state index in [4.69, 9.17) is 5.73 Å². The Labute approximate surface area is 80.3 Å². The van der Waals surface area contributed by atoms with E-state index in [1.165, 1.54) is 0 Å². The number of likely N-dealkylation sites (tertiary alicyclic amines) is 1. The van der Waals surface area contributed by atoms with Crippen molar-refractivity contribution in [3.63, 3.8) is 0 Å². The van der Waals surface area contributed by atoms with Crippen molar-refractivity contribution >= 4 is 5.91 Å². The molecule has 0 saturated carbocycles. The highest BCUT2D eigenvalue weighted by Crippen LogP contribution is 2.33. The molecule has 1 heterocycles. The van der Waals surface area contributed by atoms with E-state index in [1.54, 1.807) is 6.92 Å². The van der Waals surface area contributed by atoms with Gasteiger partial charge in [0.15, 0.2) is 0 Å². The van der Waals surface area contributed by atoms with Crippen LogP contribution in [0.2, 0.25) is 0 Å². The van der Waals surface area contributed by atoms with Crippen LogP contribution in [-0.4, -0.2) is 30.4 Å². The summed E-state index contributed by atoms with van der Waals surface area (Å²) in [6, 6.07) is 0. The van der Waals surface area contributed by atoms with Gasteiger partial charge in [0.25, 0.3) is 0 Å². The normalized spacial score (nSPS) is 21.6. The number of hydrogen-bond acceptors (Lipinski definition) is 2. The molecule has 1 fully saturated rings. The monoisotopic (exact) mass is 184 g/mol. The zero-order chi connectivity index (χ0) is 9.90. The number of hydrogen-bond donors (Lipinski definition) is 1. The smallest absolute Gasteiger partial charge is 0.219 e. The summed E-state index contributed by atoms with van der Waals surface area (Å²) in [4.78, 5) is 13.0. The molecule has 0 atom stereocenters. The Morgan fingerprint density at radius 2 is 2.00 bits per heavy atom. The Morgan fingerprint density at radius 1 is 1.46 bits per heavy atom. The summed E-state index contributed by atoms with van der Waals surface area (Å²) in [6.45, 7) is 6.50. The van der Waals surface area contributed by atoms with E-state index in [1.807, 2.05) is 4.90 Å². The average molecular weight is 184 g/mol. The number of amides is 1. The van der Waals surface area contributed by atoms with Crippen LogP contribution in [0.4, 0.5) is 0 Å². The van der Waals surface area contributed by atoms with E-state index in [-0.39, 0.29) is 5.91 Å². The minimum absolute atomic E-state index is 0.204. The molecule has 0 aromatic heterocycles. The second kappa shape index (κ2) is 4.09. The Bertz CT molecular complexity index is 183. The lowest BCUT2D eigenvalue weighted by molar-refractivity contribution is -0.131. The van der Waals surface area contributed by atoms with E-state index >= 15 is 0 Å². The van der Waals surface area contributed by atoms with Gasteiger partial charge in [0.1, 0.15) is 0 Å². The summed E-state index contributed by atoms with van der Waals surface area (Å²) < 4.78 is 0. The molecule has 13 heavy (non-hydrogen) atoms. The SMILES string of the molecule is CC(=O)N1CCC(C)(CCN)CC1. The third-order valence-corrected chi connectivity index (χ3v) is 3.16. The zero-order valence-electron chi connectivity index (χ0n) is 8.68. The van der Waals surface area contributed by atoms with Gasteiger partial charge in [-0.25, -0.2) is 0 Å². The number of carbonyl (C=O) groups excluding carboxylic acids is 1. The number of nitrogens with two attached hydrogens (primary N) is 1. The van der Waals surface area contributed by atoms with Gasteiger partial charge in [-0.1, -0.05) is 6.92 Å². The molecular formula is C10H20N2O. The molecule has 2 N–H and O–H groups in total. The Morgan fingerprint density at radius 3 is 2.38 bits per heavy atom. The number of carbonyl (C=O) groups is 1. The molecule has 1 rings (SSSR count). The predicted octanol–water partition coefficient (Wildman–Crippen LogP) is 0.984. The van der Waals surface area contributed by atoms with E-state index < -0.39 is 0 Å². The second-order valence-corrected chi connectivity index (χ2v) is 4.36. The van der Waals surface area contributed by atoms with Crippen LogP contribution in [0.15, 0.2) is 0 Å². The molecule has 76 valence electrons. The first-order chi connectivity index (χ1) is 6.07. The molecule has 0 aliphatic carbocycles. The third-order valence-electron chi connectivity index (χ3n) is 3.16. The number of rotatable bonds is 2. The van der Waals surface area contributed by atoms with Crippen LogP contribution < -0.4 is 5.73 Å². The van der Waals surface area contributed by atoms with Crippen molar-refractivity contribution in [1.82, 2.24) is 4.90 Å². The second-order valence-electron chi connectivity index (χ2n) is 4.36. The van der Waals surface area contributed by atoms with Gasteiger partial charge in [-0.05, 0) is 31.2 Å². The maximum atomic E-state index is 11.1. The average Bonchev–Trinajstić information content (AvgIpc) is 2.05. The van der Waals surface area contributed by atoms with Crippen molar-refractivity contribution in [3.8, 4) is 0 Å². The molecule has 1 aliphatic rings. The summed E-state index contributed by atoms with van der Waals surface area (Å²) in [6.07, 6.45) is 3.28. The molecule has 1 aliphatic heterocycles. The molecule has 0 radical (unpaired) electrons. The van der Waals surface area contributed by atoms with Gasteiger partial charge in [-0.2, -0.15) is 0 Å². The summed E-state index contributed by atoms with van der Waals surface area (Å²) in [5.41, 5.74) is 5.93. The van der Waals surface area contributed by atoms with Crippen LogP contribution in [-0.2, 0) is 4.79 Å². The van der Waals surface area contributed by atoms with Crippen molar-refractivity contribution < 1.29 is 4.79 Å². The van der Waals surface area contributed by atoms with Crippen LogP contribution in [0.5, 0.6) is 0 Å². The van der Waals surface area contributed by atoms with Gasteiger partial charge in [0, 0.05) is 20.0 Å². The van der Waals surface area contributed by atoms with E-state index in [9.17, 15) is 4.79 Å². The molecule has 3 heteroatoms. The fraction of sp³-hybridized carbons (Fsp3) is 0.900. The van der Waals surface area contributed by atoms with Gasteiger partial charge in [-0.3, -0.25) is 4.79 Å². The summed E-state index contributed by atoms with van der Waals surface area (Å²) in [5, 5.41) is 0. The largest absolute Gasteiger partial charge is 0.343 e. The minimum atomic E-state index is 0.204.